The van der Waals surface area contributed by atoms with Crippen LogP contribution in [-0.2, 0) is 9.53 Å². The lowest BCUT2D eigenvalue weighted by Gasteiger charge is -2.30. The highest BCUT2D eigenvalue weighted by atomic mass is 32.1. The third-order valence-electron chi connectivity index (χ3n) is 4.21. The minimum atomic E-state index is -0.470. The Morgan fingerprint density at radius 3 is 2.36 bits per heavy atom. The summed E-state index contributed by atoms with van der Waals surface area (Å²) in [6, 6.07) is 2.07. The van der Waals surface area contributed by atoms with E-state index in [9.17, 15) is 9.59 Å². The Labute approximate surface area is 155 Å². The molecule has 1 aromatic heterocycles. The van der Waals surface area contributed by atoms with Gasteiger partial charge in [0.2, 0.25) is 5.91 Å². The van der Waals surface area contributed by atoms with Gasteiger partial charge < -0.3 is 15.0 Å². The van der Waals surface area contributed by atoms with Gasteiger partial charge in [0.1, 0.15) is 0 Å². The van der Waals surface area contributed by atoms with Crippen LogP contribution in [0.2, 0.25) is 0 Å². The van der Waals surface area contributed by atoms with Crippen LogP contribution in [0.3, 0.4) is 0 Å². The van der Waals surface area contributed by atoms with Crippen LogP contribution in [0.15, 0.2) is 6.07 Å². The number of anilines is 1. The lowest BCUT2D eigenvalue weighted by molar-refractivity contribution is -0.123. The highest BCUT2D eigenvalue weighted by molar-refractivity contribution is 7.18. The van der Waals surface area contributed by atoms with Crippen LogP contribution in [-0.4, -0.2) is 43.0 Å². The van der Waals surface area contributed by atoms with Gasteiger partial charge in [-0.1, -0.05) is 34.6 Å². The van der Waals surface area contributed by atoms with Gasteiger partial charge in [-0.15, -0.1) is 11.3 Å². The van der Waals surface area contributed by atoms with Gasteiger partial charge in [-0.2, -0.15) is 0 Å². The average molecular weight is 369 g/mol. The maximum absolute atomic E-state index is 13.1. The first-order valence-electron chi connectivity index (χ1n) is 8.87. The number of rotatable bonds is 8. The number of nitrogens with zero attached hydrogens (tertiary/aromatic N) is 1. The molecule has 0 bridgehead atoms. The zero-order chi connectivity index (χ0) is 19.2. The molecule has 0 aliphatic rings. The molecule has 0 aromatic carbocycles. The summed E-state index contributed by atoms with van der Waals surface area (Å²) in [5.74, 6) is -0.0338. The second-order valence-corrected chi connectivity index (χ2v) is 8.34. The fourth-order valence-corrected chi connectivity index (χ4v) is 3.58. The second-order valence-electron chi connectivity index (χ2n) is 7.29. The maximum Gasteiger partial charge on any atom is 0.264 e. The van der Waals surface area contributed by atoms with Crippen molar-refractivity contribution in [2.24, 2.45) is 5.41 Å². The third kappa shape index (κ3) is 5.82. The van der Waals surface area contributed by atoms with E-state index in [4.69, 9.17) is 4.74 Å². The van der Waals surface area contributed by atoms with Crippen molar-refractivity contribution in [2.45, 2.75) is 60.4 Å². The molecule has 2 amide bonds. The van der Waals surface area contributed by atoms with Gasteiger partial charge in [0.05, 0.1) is 16.5 Å². The number of methoxy groups -OCH3 is 1. The molecule has 1 heterocycles. The van der Waals surface area contributed by atoms with E-state index in [0.29, 0.717) is 18.0 Å². The first-order valence-corrected chi connectivity index (χ1v) is 9.69. The van der Waals surface area contributed by atoms with Crippen molar-refractivity contribution in [2.75, 3.05) is 25.6 Å². The molecule has 0 unspecified atom stereocenters. The van der Waals surface area contributed by atoms with Crippen molar-refractivity contribution >= 4 is 28.2 Å². The van der Waals surface area contributed by atoms with E-state index >= 15 is 0 Å². The minimum Gasteiger partial charge on any atom is -0.383 e. The highest BCUT2D eigenvalue weighted by Gasteiger charge is 2.27. The smallest absolute Gasteiger partial charge is 0.264 e. The SMILES string of the molecule is CCC(CC)N(CCOC)C(=O)c1sc(NC(=O)C(C)(C)C)cc1C. The van der Waals surface area contributed by atoms with Crippen LogP contribution in [0.25, 0.3) is 0 Å². The van der Waals surface area contributed by atoms with Crippen LogP contribution >= 0.6 is 11.3 Å². The zero-order valence-corrected chi connectivity index (χ0v) is 17.4. The molecule has 0 aliphatic heterocycles. The van der Waals surface area contributed by atoms with E-state index in [2.05, 4.69) is 19.2 Å². The van der Waals surface area contributed by atoms with Crippen LogP contribution in [0, 0.1) is 12.3 Å². The largest absolute Gasteiger partial charge is 0.383 e. The zero-order valence-electron chi connectivity index (χ0n) is 16.6. The Hall–Kier alpha value is -1.40. The first kappa shape index (κ1) is 21.6. The van der Waals surface area contributed by atoms with Gasteiger partial charge in [0.25, 0.3) is 5.91 Å². The van der Waals surface area contributed by atoms with Crippen molar-refractivity contribution in [3.05, 3.63) is 16.5 Å². The van der Waals surface area contributed by atoms with Crippen LogP contribution < -0.4 is 5.32 Å². The number of amides is 2. The molecule has 25 heavy (non-hydrogen) atoms. The molecule has 1 N–H and O–H groups in total. The molecule has 1 rings (SSSR count). The van der Waals surface area contributed by atoms with E-state index in [-0.39, 0.29) is 17.9 Å². The van der Waals surface area contributed by atoms with Crippen molar-refractivity contribution in [1.82, 2.24) is 4.90 Å². The Morgan fingerprint density at radius 1 is 1.28 bits per heavy atom. The molecule has 0 saturated heterocycles. The van der Waals surface area contributed by atoms with Gasteiger partial charge in [0.15, 0.2) is 0 Å². The van der Waals surface area contributed by atoms with Gasteiger partial charge in [0, 0.05) is 25.1 Å². The lowest BCUT2D eigenvalue weighted by atomic mass is 9.96. The molecule has 0 spiro atoms. The van der Waals surface area contributed by atoms with Crippen LogP contribution in [0.5, 0.6) is 0 Å². The number of thiophene rings is 1. The fourth-order valence-electron chi connectivity index (χ4n) is 2.55. The normalized spacial score (nSPS) is 11.7. The number of hydrogen-bond donors (Lipinski definition) is 1. The topological polar surface area (TPSA) is 58.6 Å². The highest BCUT2D eigenvalue weighted by Crippen LogP contribution is 2.30. The number of nitrogens with one attached hydrogen (secondary N) is 1. The number of ether oxygens (including phenoxy) is 1. The fraction of sp³-hybridized carbons (Fsp3) is 0.684. The Kier molecular flexibility index (Phi) is 8.09. The number of hydrogen-bond acceptors (Lipinski definition) is 4. The predicted octanol–water partition coefficient (Wildman–Crippen LogP) is 4.32. The van der Waals surface area contributed by atoms with Gasteiger partial charge in [-0.25, -0.2) is 0 Å². The molecule has 0 saturated carbocycles. The van der Waals surface area contributed by atoms with Crippen molar-refractivity contribution in [1.29, 1.82) is 0 Å². The summed E-state index contributed by atoms with van der Waals surface area (Å²) in [4.78, 5) is 27.9. The standard InChI is InChI=1S/C19H32N2O3S/c1-8-14(9-2)21(10-11-24-7)17(22)16-13(3)12-15(25-16)20-18(23)19(4,5)6/h12,14H,8-11H2,1-7H3,(H,20,23). The molecule has 1 aromatic rings. The summed E-state index contributed by atoms with van der Waals surface area (Å²) in [7, 11) is 1.64. The van der Waals surface area contributed by atoms with Crippen molar-refractivity contribution in [3.63, 3.8) is 0 Å². The third-order valence-corrected chi connectivity index (χ3v) is 5.35. The van der Waals surface area contributed by atoms with Gasteiger partial charge >= 0.3 is 0 Å². The lowest BCUT2D eigenvalue weighted by Crippen LogP contribution is -2.41. The van der Waals surface area contributed by atoms with E-state index in [1.165, 1.54) is 11.3 Å². The molecular weight excluding hydrogens is 336 g/mol. The molecule has 0 radical (unpaired) electrons. The molecule has 142 valence electrons. The molecule has 0 aliphatic carbocycles. The quantitative estimate of drug-likeness (QED) is 0.743. The summed E-state index contributed by atoms with van der Waals surface area (Å²) in [6.45, 7) is 12.8. The van der Waals surface area contributed by atoms with Crippen LogP contribution in [0.1, 0.15) is 62.7 Å². The molecule has 0 atom stereocenters. The molecule has 5 nitrogen and oxygen atoms in total. The summed E-state index contributed by atoms with van der Waals surface area (Å²) < 4.78 is 5.18. The molecule has 6 heteroatoms. The second kappa shape index (κ2) is 9.34. The number of aryl methyl sites for hydroxylation is 1. The molecule has 0 fully saturated rings. The van der Waals surface area contributed by atoms with Crippen LogP contribution in [0.4, 0.5) is 5.00 Å². The Balaban J connectivity index is 3.04. The van der Waals surface area contributed by atoms with Gasteiger partial charge in [-0.05, 0) is 31.4 Å². The van der Waals surface area contributed by atoms with E-state index in [1.54, 1.807) is 7.11 Å². The summed E-state index contributed by atoms with van der Waals surface area (Å²) >= 11 is 1.35. The Morgan fingerprint density at radius 2 is 1.88 bits per heavy atom. The number of carbonyl (C=O) groups is 2. The van der Waals surface area contributed by atoms with E-state index < -0.39 is 5.41 Å². The predicted molar refractivity (Wildman–Crippen MR) is 104 cm³/mol. The van der Waals surface area contributed by atoms with Crippen molar-refractivity contribution < 1.29 is 14.3 Å². The summed E-state index contributed by atoms with van der Waals surface area (Å²) in [5, 5.41) is 3.64. The first-order chi connectivity index (χ1) is 11.6. The summed E-state index contributed by atoms with van der Waals surface area (Å²) in [5.41, 5.74) is 0.426. The minimum absolute atomic E-state index is 0.0181. The summed E-state index contributed by atoms with van der Waals surface area (Å²) in [6.07, 6.45) is 1.81. The van der Waals surface area contributed by atoms with E-state index in [0.717, 1.165) is 23.4 Å². The maximum atomic E-state index is 13.1. The average Bonchev–Trinajstić information content (AvgIpc) is 2.90. The molecular formula is C19H32N2O3S. The van der Waals surface area contributed by atoms with E-state index in [1.807, 2.05) is 38.7 Å². The van der Waals surface area contributed by atoms with Gasteiger partial charge in [-0.3, -0.25) is 9.59 Å². The van der Waals surface area contributed by atoms with Crippen molar-refractivity contribution in [3.8, 4) is 0 Å². The number of carbonyl (C=O) groups excluding carboxylic acids is 2. The monoisotopic (exact) mass is 368 g/mol. The Bertz CT molecular complexity index is 586.